The molecule has 0 saturated carbocycles. The Bertz CT molecular complexity index is 136. The van der Waals surface area contributed by atoms with E-state index in [1.807, 2.05) is 0 Å². The first-order chi connectivity index (χ1) is 5.33. The van der Waals surface area contributed by atoms with Crippen molar-refractivity contribution in [3.8, 4) is 0 Å². The van der Waals surface area contributed by atoms with Crippen molar-refractivity contribution in [2.75, 3.05) is 5.88 Å². The number of carbonyl (C=O) groups is 1. The monoisotopic (exact) mass is 176 g/mol. The number of rotatable bonds is 2. The van der Waals surface area contributed by atoms with Crippen LogP contribution in [-0.2, 0) is 9.53 Å². The summed E-state index contributed by atoms with van der Waals surface area (Å²) >= 11 is 5.54. The van der Waals surface area contributed by atoms with E-state index in [-0.39, 0.29) is 12.1 Å². The Morgan fingerprint density at radius 2 is 2.36 bits per heavy atom. The minimum absolute atomic E-state index is 0.0578. The normalized spacial score (nSPS) is 25.9. The number of ether oxygens (including phenoxy) is 1. The summed E-state index contributed by atoms with van der Waals surface area (Å²) in [4.78, 5) is 10.9. The smallest absolute Gasteiger partial charge is 0.306 e. The average molecular weight is 177 g/mol. The SMILES string of the molecule is O=C1CCCCC(CCCl)O1. The van der Waals surface area contributed by atoms with Crippen molar-refractivity contribution in [1.29, 1.82) is 0 Å². The zero-order chi connectivity index (χ0) is 8.10. The highest BCUT2D eigenvalue weighted by atomic mass is 35.5. The number of hydrogen-bond donors (Lipinski definition) is 0. The molecular weight excluding hydrogens is 164 g/mol. The van der Waals surface area contributed by atoms with Crippen molar-refractivity contribution in [2.45, 2.75) is 38.2 Å². The third kappa shape index (κ3) is 3.10. The number of alkyl halides is 1. The minimum Gasteiger partial charge on any atom is -0.462 e. The van der Waals surface area contributed by atoms with Crippen LogP contribution in [-0.4, -0.2) is 18.0 Å². The predicted molar refractivity (Wildman–Crippen MR) is 43.7 cm³/mol. The molecule has 1 atom stereocenters. The van der Waals surface area contributed by atoms with E-state index >= 15 is 0 Å². The van der Waals surface area contributed by atoms with E-state index in [0.29, 0.717) is 12.3 Å². The molecule has 0 bridgehead atoms. The van der Waals surface area contributed by atoms with Crippen molar-refractivity contribution in [3.05, 3.63) is 0 Å². The third-order valence-corrected chi connectivity index (χ3v) is 2.10. The first-order valence-corrected chi connectivity index (χ1v) is 4.62. The maximum Gasteiger partial charge on any atom is 0.306 e. The van der Waals surface area contributed by atoms with Gasteiger partial charge in [-0.1, -0.05) is 0 Å². The second-order valence-corrected chi connectivity index (χ2v) is 3.21. The molecule has 0 radical (unpaired) electrons. The van der Waals surface area contributed by atoms with Crippen LogP contribution in [0.1, 0.15) is 32.1 Å². The molecule has 1 aliphatic rings. The van der Waals surface area contributed by atoms with E-state index in [4.69, 9.17) is 16.3 Å². The summed E-state index contributed by atoms with van der Waals surface area (Å²) in [6, 6.07) is 0. The van der Waals surface area contributed by atoms with Crippen molar-refractivity contribution in [3.63, 3.8) is 0 Å². The van der Waals surface area contributed by atoms with E-state index < -0.39 is 0 Å². The molecule has 0 aromatic heterocycles. The van der Waals surface area contributed by atoms with Crippen LogP contribution < -0.4 is 0 Å². The number of halogens is 1. The fourth-order valence-electron chi connectivity index (χ4n) is 1.27. The van der Waals surface area contributed by atoms with E-state index in [9.17, 15) is 4.79 Å². The summed E-state index contributed by atoms with van der Waals surface area (Å²) in [5, 5.41) is 0. The van der Waals surface area contributed by atoms with Crippen LogP contribution in [0, 0.1) is 0 Å². The van der Waals surface area contributed by atoms with Crippen LogP contribution in [0.5, 0.6) is 0 Å². The number of cyclic esters (lactones) is 1. The molecule has 11 heavy (non-hydrogen) atoms. The van der Waals surface area contributed by atoms with Crippen LogP contribution in [0.25, 0.3) is 0 Å². The molecule has 0 aliphatic carbocycles. The Morgan fingerprint density at radius 3 is 3.09 bits per heavy atom. The quantitative estimate of drug-likeness (QED) is 0.476. The van der Waals surface area contributed by atoms with Crippen LogP contribution in [0.4, 0.5) is 0 Å². The Balaban J connectivity index is 2.33. The van der Waals surface area contributed by atoms with Gasteiger partial charge in [0.25, 0.3) is 0 Å². The van der Waals surface area contributed by atoms with Gasteiger partial charge in [0.05, 0.1) is 0 Å². The van der Waals surface area contributed by atoms with Gasteiger partial charge < -0.3 is 4.74 Å². The van der Waals surface area contributed by atoms with Gasteiger partial charge in [-0.3, -0.25) is 4.79 Å². The molecule has 1 fully saturated rings. The lowest BCUT2D eigenvalue weighted by Crippen LogP contribution is -2.15. The van der Waals surface area contributed by atoms with Crippen LogP contribution >= 0.6 is 11.6 Å². The number of carbonyl (C=O) groups excluding carboxylic acids is 1. The zero-order valence-corrected chi connectivity index (χ0v) is 7.27. The molecular formula is C8H13ClO2. The van der Waals surface area contributed by atoms with Gasteiger partial charge in [-0.15, -0.1) is 11.6 Å². The summed E-state index contributed by atoms with van der Waals surface area (Å²) in [7, 11) is 0. The number of hydrogen-bond acceptors (Lipinski definition) is 2. The summed E-state index contributed by atoms with van der Waals surface area (Å²) in [5.41, 5.74) is 0. The molecule has 0 aromatic carbocycles. The highest BCUT2D eigenvalue weighted by molar-refractivity contribution is 6.17. The first-order valence-electron chi connectivity index (χ1n) is 4.08. The molecule has 0 amide bonds. The van der Waals surface area contributed by atoms with Gasteiger partial charge in [0.15, 0.2) is 0 Å². The molecule has 3 heteroatoms. The lowest BCUT2D eigenvalue weighted by Gasteiger charge is -2.12. The van der Waals surface area contributed by atoms with Crippen molar-refractivity contribution >= 4 is 17.6 Å². The molecule has 2 nitrogen and oxygen atoms in total. The highest BCUT2D eigenvalue weighted by Crippen LogP contribution is 2.16. The molecule has 1 aliphatic heterocycles. The second kappa shape index (κ2) is 4.60. The fourth-order valence-corrected chi connectivity index (χ4v) is 1.51. The topological polar surface area (TPSA) is 26.3 Å². The standard InChI is InChI=1S/C8H13ClO2/c9-6-5-7-3-1-2-4-8(10)11-7/h7H,1-6H2. The van der Waals surface area contributed by atoms with Crippen LogP contribution in [0.15, 0.2) is 0 Å². The lowest BCUT2D eigenvalue weighted by atomic mass is 10.1. The van der Waals surface area contributed by atoms with Gasteiger partial charge in [-0.2, -0.15) is 0 Å². The van der Waals surface area contributed by atoms with Crippen molar-refractivity contribution in [2.24, 2.45) is 0 Å². The molecule has 1 unspecified atom stereocenters. The molecule has 0 aromatic rings. The second-order valence-electron chi connectivity index (χ2n) is 2.84. The Morgan fingerprint density at radius 1 is 1.55 bits per heavy atom. The van der Waals surface area contributed by atoms with E-state index in [1.165, 1.54) is 0 Å². The molecule has 1 rings (SSSR count). The van der Waals surface area contributed by atoms with E-state index in [1.54, 1.807) is 0 Å². The highest BCUT2D eigenvalue weighted by Gasteiger charge is 2.17. The Hall–Kier alpha value is -0.240. The molecule has 0 spiro atoms. The Kier molecular flexibility index (Phi) is 3.70. The molecule has 64 valence electrons. The Labute approximate surface area is 71.9 Å². The molecule has 0 N–H and O–H groups in total. The van der Waals surface area contributed by atoms with Crippen molar-refractivity contribution < 1.29 is 9.53 Å². The summed E-state index contributed by atoms with van der Waals surface area (Å²) < 4.78 is 5.13. The molecule has 1 heterocycles. The minimum atomic E-state index is -0.0578. The van der Waals surface area contributed by atoms with Gasteiger partial charge in [0, 0.05) is 12.3 Å². The third-order valence-electron chi connectivity index (χ3n) is 1.89. The van der Waals surface area contributed by atoms with E-state index in [2.05, 4.69) is 0 Å². The van der Waals surface area contributed by atoms with Gasteiger partial charge in [0.2, 0.25) is 0 Å². The summed E-state index contributed by atoms with van der Waals surface area (Å²) in [6.07, 6.45) is 4.51. The maximum absolute atomic E-state index is 10.9. The van der Waals surface area contributed by atoms with Gasteiger partial charge in [0.1, 0.15) is 6.10 Å². The fraction of sp³-hybridized carbons (Fsp3) is 0.875. The van der Waals surface area contributed by atoms with Crippen LogP contribution in [0.3, 0.4) is 0 Å². The summed E-state index contributed by atoms with van der Waals surface area (Å²) in [6.45, 7) is 0. The van der Waals surface area contributed by atoms with Crippen molar-refractivity contribution in [1.82, 2.24) is 0 Å². The first kappa shape index (κ1) is 8.85. The maximum atomic E-state index is 10.9. The molecule has 1 saturated heterocycles. The summed E-state index contributed by atoms with van der Waals surface area (Å²) in [5.74, 6) is 0.524. The van der Waals surface area contributed by atoms with Crippen LogP contribution in [0.2, 0.25) is 0 Å². The van der Waals surface area contributed by atoms with E-state index in [0.717, 1.165) is 25.7 Å². The predicted octanol–water partition coefficient (Wildman–Crippen LogP) is 2.10. The van der Waals surface area contributed by atoms with Gasteiger partial charge >= 0.3 is 5.97 Å². The largest absolute Gasteiger partial charge is 0.462 e. The number of esters is 1. The van der Waals surface area contributed by atoms with Gasteiger partial charge in [-0.05, 0) is 25.7 Å². The lowest BCUT2D eigenvalue weighted by molar-refractivity contribution is -0.147. The zero-order valence-electron chi connectivity index (χ0n) is 6.51. The van der Waals surface area contributed by atoms with Gasteiger partial charge in [-0.25, -0.2) is 0 Å². The average Bonchev–Trinajstić information content (AvgIpc) is 2.15.